The van der Waals surface area contributed by atoms with Crippen molar-refractivity contribution in [2.45, 2.75) is 31.7 Å². The van der Waals surface area contributed by atoms with Gasteiger partial charge in [0.15, 0.2) is 5.69 Å². The molecule has 0 unspecified atom stereocenters. The maximum atomic E-state index is 13.2. The molecule has 8 nitrogen and oxygen atoms in total. The maximum absolute atomic E-state index is 13.2. The number of fused-ring (bicyclic) bond motifs is 2. The van der Waals surface area contributed by atoms with Crippen molar-refractivity contribution in [3.05, 3.63) is 70.0 Å². The molecule has 4 heterocycles. The van der Waals surface area contributed by atoms with Gasteiger partial charge < -0.3 is 9.64 Å². The Morgan fingerprint density at radius 3 is 2.58 bits per heavy atom. The summed E-state index contributed by atoms with van der Waals surface area (Å²) in [7, 11) is 1.60. The van der Waals surface area contributed by atoms with Crippen LogP contribution in [0.1, 0.15) is 34.8 Å². The number of methoxy groups -OCH3 is 1. The highest BCUT2D eigenvalue weighted by atomic mass is 16.5. The minimum atomic E-state index is -0.329. The normalized spacial score (nSPS) is 19.6. The van der Waals surface area contributed by atoms with Crippen LogP contribution in [0.5, 0.6) is 5.75 Å². The summed E-state index contributed by atoms with van der Waals surface area (Å²) >= 11 is 0. The minimum absolute atomic E-state index is 0.0795. The number of ether oxygens (including phenoxy) is 1. The molecule has 8 heteroatoms. The number of aromatic nitrogens is 4. The summed E-state index contributed by atoms with van der Waals surface area (Å²) in [5.74, 6) is 1.32. The Hall–Kier alpha value is -3.55. The van der Waals surface area contributed by atoms with Crippen molar-refractivity contribution in [3.8, 4) is 17.0 Å². The second-order valence-corrected chi connectivity index (χ2v) is 8.23. The predicted octanol–water partition coefficient (Wildman–Crippen LogP) is 2.20. The Morgan fingerprint density at radius 1 is 1.06 bits per heavy atom. The van der Waals surface area contributed by atoms with Crippen LogP contribution in [0.2, 0.25) is 0 Å². The summed E-state index contributed by atoms with van der Waals surface area (Å²) in [6.07, 6.45) is 1.54. The van der Waals surface area contributed by atoms with E-state index < -0.39 is 0 Å². The first-order valence-corrected chi connectivity index (χ1v) is 10.4. The summed E-state index contributed by atoms with van der Waals surface area (Å²) < 4.78 is 6.91. The summed E-state index contributed by atoms with van der Waals surface area (Å²) in [6, 6.07) is 12.7. The van der Waals surface area contributed by atoms with Gasteiger partial charge in [-0.1, -0.05) is 6.07 Å². The fourth-order valence-electron chi connectivity index (χ4n) is 4.64. The molecule has 1 amide bonds. The van der Waals surface area contributed by atoms with E-state index in [2.05, 4.69) is 15.2 Å². The van der Waals surface area contributed by atoms with Gasteiger partial charge in [-0.2, -0.15) is 0 Å². The van der Waals surface area contributed by atoms with Crippen LogP contribution in [0.4, 0.5) is 0 Å². The second kappa shape index (κ2) is 7.30. The summed E-state index contributed by atoms with van der Waals surface area (Å²) in [5.41, 5.74) is 1.84. The van der Waals surface area contributed by atoms with Crippen LogP contribution in [0.15, 0.2) is 47.3 Å². The lowest BCUT2D eigenvalue weighted by Crippen LogP contribution is -2.35. The van der Waals surface area contributed by atoms with Crippen molar-refractivity contribution >= 4 is 5.91 Å². The molecule has 0 radical (unpaired) electrons. The fourth-order valence-corrected chi connectivity index (χ4v) is 4.64. The van der Waals surface area contributed by atoms with Crippen molar-refractivity contribution in [2.24, 2.45) is 0 Å². The van der Waals surface area contributed by atoms with E-state index in [4.69, 9.17) is 4.74 Å². The molecule has 31 heavy (non-hydrogen) atoms. The summed E-state index contributed by atoms with van der Waals surface area (Å²) in [5, 5.41) is 8.78. The highest BCUT2D eigenvalue weighted by Crippen LogP contribution is 2.41. The molecule has 1 aromatic carbocycles. The van der Waals surface area contributed by atoms with Crippen LogP contribution in [0.25, 0.3) is 11.3 Å². The Labute approximate surface area is 179 Å². The predicted molar refractivity (Wildman–Crippen MR) is 114 cm³/mol. The Morgan fingerprint density at radius 2 is 1.84 bits per heavy atom. The van der Waals surface area contributed by atoms with E-state index in [1.807, 2.05) is 36.1 Å². The van der Waals surface area contributed by atoms with Crippen molar-refractivity contribution in [2.75, 3.05) is 20.2 Å². The summed E-state index contributed by atoms with van der Waals surface area (Å²) in [6.45, 7) is 3.59. The first kappa shape index (κ1) is 19.4. The highest BCUT2D eigenvalue weighted by Gasteiger charge is 2.48. The third kappa shape index (κ3) is 3.19. The number of nitrogens with zero attached hydrogens (tertiary/aromatic N) is 5. The average molecular weight is 417 g/mol. The number of carbonyl (C=O) groups excluding carboxylic acids is 1. The molecule has 2 aliphatic heterocycles. The van der Waals surface area contributed by atoms with Gasteiger partial charge >= 0.3 is 0 Å². The van der Waals surface area contributed by atoms with Crippen molar-refractivity contribution in [1.82, 2.24) is 24.6 Å². The van der Waals surface area contributed by atoms with Crippen molar-refractivity contribution in [1.29, 1.82) is 0 Å². The molecule has 0 N–H and O–H groups in total. The van der Waals surface area contributed by atoms with Gasteiger partial charge in [0.1, 0.15) is 17.3 Å². The number of aryl methyl sites for hydroxylation is 1. The SMILES string of the molecule is COc1ccc(-c2nnc3n(c2=O)CC[C@]32CCN(C(=O)c3cccc(C)n3)C2)cc1. The van der Waals surface area contributed by atoms with Crippen molar-refractivity contribution < 1.29 is 9.53 Å². The zero-order valence-corrected chi connectivity index (χ0v) is 17.5. The van der Waals surface area contributed by atoms with Gasteiger partial charge in [-0.05, 0) is 56.2 Å². The topological polar surface area (TPSA) is 90.2 Å². The lowest BCUT2D eigenvalue weighted by molar-refractivity contribution is 0.0777. The van der Waals surface area contributed by atoms with Gasteiger partial charge in [-0.25, -0.2) is 4.98 Å². The van der Waals surface area contributed by atoms with Gasteiger partial charge in [0, 0.05) is 30.9 Å². The first-order valence-electron chi connectivity index (χ1n) is 10.4. The zero-order valence-electron chi connectivity index (χ0n) is 17.5. The van der Waals surface area contributed by atoms with E-state index >= 15 is 0 Å². The number of benzene rings is 1. The van der Waals surface area contributed by atoms with E-state index in [-0.39, 0.29) is 16.9 Å². The number of rotatable bonds is 3. The first-order chi connectivity index (χ1) is 15.0. The number of carbonyl (C=O) groups is 1. The van der Waals surface area contributed by atoms with Crippen LogP contribution >= 0.6 is 0 Å². The van der Waals surface area contributed by atoms with E-state index in [1.54, 1.807) is 29.9 Å². The minimum Gasteiger partial charge on any atom is -0.497 e. The highest BCUT2D eigenvalue weighted by molar-refractivity contribution is 5.92. The Kier molecular flexibility index (Phi) is 4.57. The molecule has 0 aliphatic carbocycles. The number of hydrogen-bond donors (Lipinski definition) is 0. The maximum Gasteiger partial charge on any atom is 0.280 e. The Bertz CT molecular complexity index is 1220. The van der Waals surface area contributed by atoms with Crippen molar-refractivity contribution in [3.63, 3.8) is 0 Å². The molecule has 2 aliphatic rings. The molecule has 2 aromatic heterocycles. The van der Waals surface area contributed by atoms with Gasteiger partial charge in [0.05, 0.1) is 12.5 Å². The van der Waals surface area contributed by atoms with Crippen LogP contribution < -0.4 is 10.3 Å². The number of likely N-dealkylation sites (tertiary alicyclic amines) is 1. The van der Waals surface area contributed by atoms with Crippen LogP contribution in [-0.4, -0.2) is 50.8 Å². The Balaban J connectivity index is 1.44. The lowest BCUT2D eigenvalue weighted by Gasteiger charge is -2.23. The molecule has 0 bridgehead atoms. The van der Waals surface area contributed by atoms with E-state index in [0.717, 1.165) is 24.3 Å². The third-order valence-corrected chi connectivity index (χ3v) is 6.35. The lowest BCUT2D eigenvalue weighted by atomic mass is 9.85. The smallest absolute Gasteiger partial charge is 0.280 e. The van der Waals surface area contributed by atoms with Gasteiger partial charge in [0.2, 0.25) is 0 Å². The standard InChI is InChI=1S/C23H23N5O3/c1-15-4-3-5-18(24-15)20(29)27-12-10-23(14-27)11-13-28-21(30)19(25-26-22(23)28)16-6-8-17(31-2)9-7-16/h3-9H,10-14H2,1-2H3/t23-/m0/s1. The van der Waals surface area contributed by atoms with E-state index in [0.29, 0.717) is 42.4 Å². The summed E-state index contributed by atoms with van der Waals surface area (Å²) in [4.78, 5) is 32.3. The number of pyridine rings is 1. The van der Waals surface area contributed by atoms with Gasteiger partial charge in [-0.15, -0.1) is 10.2 Å². The molecule has 1 atom stereocenters. The molecule has 5 rings (SSSR count). The quantitative estimate of drug-likeness (QED) is 0.649. The largest absolute Gasteiger partial charge is 0.497 e. The fraction of sp³-hybridized carbons (Fsp3) is 0.348. The number of amides is 1. The van der Waals surface area contributed by atoms with Crippen LogP contribution in [0, 0.1) is 6.92 Å². The monoisotopic (exact) mass is 417 g/mol. The van der Waals surface area contributed by atoms with Gasteiger partial charge in [0.25, 0.3) is 11.5 Å². The van der Waals surface area contributed by atoms with E-state index in [9.17, 15) is 9.59 Å². The molecule has 3 aromatic rings. The molecule has 1 fully saturated rings. The zero-order chi connectivity index (χ0) is 21.6. The molecular weight excluding hydrogens is 394 g/mol. The second-order valence-electron chi connectivity index (χ2n) is 8.23. The molecule has 158 valence electrons. The average Bonchev–Trinajstić information content (AvgIpc) is 3.39. The molecule has 0 saturated carbocycles. The van der Waals surface area contributed by atoms with Crippen LogP contribution in [-0.2, 0) is 12.0 Å². The molecule has 1 spiro atoms. The molecule has 1 saturated heterocycles. The van der Waals surface area contributed by atoms with E-state index in [1.165, 1.54) is 0 Å². The number of hydrogen-bond acceptors (Lipinski definition) is 6. The molecular formula is C23H23N5O3. The third-order valence-electron chi connectivity index (χ3n) is 6.35. The van der Waals surface area contributed by atoms with Gasteiger partial charge in [-0.3, -0.25) is 14.2 Å². The van der Waals surface area contributed by atoms with Crippen LogP contribution in [0.3, 0.4) is 0 Å².